The molecule has 1 N–H and O–H groups in total. The molecule has 1 fully saturated rings. The molecule has 6 nitrogen and oxygen atoms in total. The molecule has 1 saturated heterocycles. The van der Waals surface area contributed by atoms with Crippen molar-refractivity contribution in [2.75, 3.05) is 32.4 Å². The van der Waals surface area contributed by atoms with Crippen LogP contribution in [-0.2, 0) is 17.8 Å². The molecule has 1 aromatic heterocycles. The molecule has 0 aliphatic carbocycles. The van der Waals surface area contributed by atoms with Gasteiger partial charge in [-0.15, -0.1) is 0 Å². The summed E-state index contributed by atoms with van der Waals surface area (Å²) in [5.74, 6) is 0.109. The molecule has 0 saturated carbocycles. The smallest absolute Gasteiger partial charge is 0.254 e. The molecular formula is C24H28N4O2S. The molecule has 3 aromatic rings. The maximum absolute atomic E-state index is 12.7. The van der Waals surface area contributed by atoms with E-state index >= 15 is 0 Å². The van der Waals surface area contributed by atoms with E-state index in [0.717, 1.165) is 32.7 Å². The highest BCUT2D eigenvalue weighted by Gasteiger charge is 2.22. The van der Waals surface area contributed by atoms with E-state index in [2.05, 4.69) is 57.3 Å². The summed E-state index contributed by atoms with van der Waals surface area (Å²) < 4.78 is 0. The van der Waals surface area contributed by atoms with Crippen molar-refractivity contribution in [2.24, 2.45) is 0 Å². The maximum atomic E-state index is 12.7. The predicted molar refractivity (Wildman–Crippen MR) is 126 cm³/mol. The van der Waals surface area contributed by atoms with Crippen molar-refractivity contribution in [3.63, 3.8) is 0 Å². The molecule has 0 bridgehead atoms. The van der Waals surface area contributed by atoms with Gasteiger partial charge in [-0.05, 0) is 35.9 Å². The summed E-state index contributed by atoms with van der Waals surface area (Å²) in [4.78, 5) is 36.5. The van der Waals surface area contributed by atoms with Crippen molar-refractivity contribution >= 4 is 28.4 Å². The molecule has 7 heteroatoms. The van der Waals surface area contributed by atoms with Crippen LogP contribution >= 0.6 is 11.8 Å². The molecular weight excluding hydrogens is 408 g/mol. The first-order valence-corrected chi connectivity index (χ1v) is 11.9. The van der Waals surface area contributed by atoms with E-state index in [1.54, 1.807) is 0 Å². The summed E-state index contributed by atoms with van der Waals surface area (Å²) in [5, 5.41) is 3.17. The third-order valence-electron chi connectivity index (χ3n) is 5.98. The number of fused-ring (bicyclic) bond motifs is 1. The van der Waals surface area contributed by atoms with Gasteiger partial charge in [-0.2, -0.15) is 0 Å². The number of benzene rings is 2. The van der Waals surface area contributed by atoms with E-state index in [1.807, 2.05) is 18.1 Å². The van der Waals surface area contributed by atoms with Crippen LogP contribution < -0.4 is 5.56 Å². The van der Waals surface area contributed by atoms with Gasteiger partial charge >= 0.3 is 0 Å². The van der Waals surface area contributed by atoms with Gasteiger partial charge in [-0.1, -0.05) is 54.2 Å². The third-order valence-corrected chi connectivity index (χ3v) is 6.56. The summed E-state index contributed by atoms with van der Waals surface area (Å²) >= 11 is 1.41. The quantitative estimate of drug-likeness (QED) is 0.475. The lowest BCUT2D eigenvalue weighted by molar-refractivity contribution is -0.133. The number of thioether (sulfide) groups is 1. The fraction of sp³-hybridized carbons (Fsp3) is 0.375. The predicted octanol–water partition coefficient (Wildman–Crippen LogP) is 3.23. The number of carbonyl (C=O) groups is 1. The lowest BCUT2D eigenvalue weighted by Crippen LogP contribution is -2.48. The van der Waals surface area contributed by atoms with Crippen molar-refractivity contribution in [3.8, 4) is 0 Å². The number of H-pyrrole nitrogens is 1. The lowest BCUT2D eigenvalue weighted by atomic mass is 10.0. The molecule has 1 aliphatic heterocycles. The third kappa shape index (κ3) is 4.99. The summed E-state index contributed by atoms with van der Waals surface area (Å²) in [6.45, 7) is 5.90. The molecule has 2 heterocycles. The van der Waals surface area contributed by atoms with Crippen LogP contribution in [0.15, 0.2) is 52.4 Å². The molecule has 0 spiro atoms. The van der Waals surface area contributed by atoms with Crippen LogP contribution in [0.5, 0.6) is 0 Å². The summed E-state index contributed by atoms with van der Waals surface area (Å²) in [5.41, 5.74) is 2.51. The number of rotatable bonds is 6. The summed E-state index contributed by atoms with van der Waals surface area (Å²) in [7, 11) is 0. The topological polar surface area (TPSA) is 69.3 Å². The zero-order chi connectivity index (χ0) is 21.8. The van der Waals surface area contributed by atoms with E-state index < -0.39 is 0 Å². The Hall–Kier alpha value is -2.64. The molecule has 31 heavy (non-hydrogen) atoms. The van der Waals surface area contributed by atoms with Crippen LogP contribution in [0.1, 0.15) is 23.2 Å². The Morgan fingerprint density at radius 1 is 1.10 bits per heavy atom. The van der Waals surface area contributed by atoms with E-state index in [4.69, 9.17) is 0 Å². The standard InChI is InChI=1S/C24H28N4O2S/c1-17-20(23(30)26-24(25-17)31-2)10-11-22(29)28-14-12-27(13-15-28)16-19-8-5-7-18-6-3-4-9-21(18)19/h3-9H,10-16H2,1-2H3,(H,25,26,30). The second-order valence-electron chi connectivity index (χ2n) is 7.93. The average Bonchev–Trinajstić information content (AvgIpc) is 2.79. The molecule has 2 aromatic carbocycles. The molecule has 4 rings (SSSR count). The van der Waals surface area contributed by atoms with E-state index in [-0.39, 0.29) is 11.5 Å². The van der Waals surface area contributed by atoms with Gasteiger partial charge < -0.3 is 9.88 Å². The fourth-order valence-corrected chi connectivity index (χ4v) is 4.62. The lowest BCUT2D eigenvalue weighted by Gasteiger charge is -2.35. The number of aromatic amines is 1. The summed E-state index contributed by atoms with van der Waals surface area (Å²) in [6, 6.07) is 14.9. The van der Waals surface area contributed by atoms with Gasteiger partial charge in [-0.25, -0.2) is 4.98 Å². The first-order chi connectivity index (χ1) is 15.0. The first kappa shape index (κ1) is 21.6. The molecule has 1 amide bonds. The molecule has 0 unspecified atom stereocenters. The normalized spacial score (nSPS) is 14.8. The number of amides is 1. The van der Waals surface area contributed by atoms with E-state index in [1.165, 1.54) is 28.1 Å². The van der Waals surface area contributed by atoms with Crippen LogP contribution in [0.2, 0.25) is 0 Å². The van der Waals surface area contributed by atoms with Crippen molar-refractivity contribution in [3.05, 3.63) is 69.6 Å². The Labute approximate surface area is 186 Å². The van der Waals surface area contributed by atoms with Gasteiger partial charge in [0.25, 0.3) is 5.56 Å². The number of carbonyl (C=O) groups excluding carboxylic acids is 1. The van der Waals surface area contributed by atoms with Crippen LogP contribution in [0.25, 0.3) is 10.8 Å². The minimum Gasteiger partial charge on any atom is -0.340 e. The van der Waals surface area contributed by atoms with Crippen molar-refractivity contribution in [1.82, 2.24) is 19.8 Å². The van der Waals surface area contributed by atoms with Gasteiger partial charge in [0.15, 0.2) is 5.16 Å². The molecule has 1 aliphatic rings. The first-order valence-electron chi connectivity index (χ1n) is 10.7. The SMILES string of the molecule is CSc1nc(C)c(CCC(=O)N2CCN(Cc3cccc4ccccc34)CC2)c(=O)[nH]1. The van der Waals surface area contributed by atoms with Gasteiger partial charge in [0.1, 0.15) is 0 Å². The van der Waals surface area contributed by atoms with E-state index in [0.29, 0.717) is 29.3 Å². The zero-order valence-corrected chi connectivity index (χ0v) is 18.9. The number of hydrogen-bond donors (Lipinski definition) is 1. The Bertz CT molecular complexity index is 1130. The molecule has 0 atom stereocenters. The Balaban J connectivity index is 1.32. The van der Waals surface area contributed by atoms with Gasteiger partial charge in [0, 0.05) is 50.4 Å². The number of aromatic nitrogens is 2. The van der Waals surface area contributed by atoms with Crippen LogP contribution in [0.4, 0.5) is 0 Å². The monoisotopic (exact) mass is 436 g/mol. The highest BCUT2D eigenvalue weighted by Crippen LogP contribution is 2.20. The van der Waals surface area contributed by atoms with Crippen LogP contribution in [-0.4, -0.2) is 58.1 Å². The minimum atomic E-state index is -0.135. The number of aryl methyl sites for hydroxylation is 1. The maximum Gasteiger partial charge on any atom is 0.254 e. The summed E-state index contributed by atoms with van der Waals surface area (Å²) in [6.07, 6.45) is 2.65. The van der Waals surface area contributed by atoms with Crippen LogP contribution in [0, 0.1) is 6.92 Å². The van der Waals surface area contributed by atoms with Crippen molar-refractivity contribution < 1.29 is 4.79 Å². The zero-order valence-electron chi connectivity index (χ0n) is 18.1. The second-order valence-corrected chi connectivity index (χ2v) is 8.73. The number of nitrogens with one attached hydrogen (secondary N) is 1. The minimum absolute atomic E-state index is 0.109. The van der Waals surface area contributed by atoms with E-state index in [9.17, 15) is 9.59 Å². The highest BCUT2D eigenvalue weighted by molar-refractivity contribution is 7.98. The second kappa shape index (κ2) is 9.66. The fourth-order valence-electron chi connectivity index (χ4n) is 4.19. The van der Waals surface area contributed by atoms with Gasteiger partial charge in [0.05, 0.1) is 0 Å². The Kier molecular flexibility index (Phi) is 6.73. The number of piperazine rings is 1. The Morgan fingerprint density at radius 2 is 1.84 bits per heavy atom. The number of hydrogen-bond acceptors (Lipinski definition) is 5. The van der Waals surface area contributed by atoms with Gasteiger partial charge in [0.2, 0.25) is 5.91 Å². The van der Waals surface area contributed by atoms with Gasteiger partial charge in [-0.3, -0.25) is 14.5 Å². The highest BCUT2D eigenvalue weighted by atomic mass is 32.2. The molecule has 162 valence electrons. The molecule has 0 radical (unpaired) electrons. The average molecular weight is 437 g/mol. The number of nitrogens with zero attached hydrogens (tertiary/aromatic N) is 3. The largest absolute Gasteiger partial charge is 0.340 e. The van der Waals surface area contributed by atoms with Crippen LogP contribution in [0.3, 0.4) is 0 Å². The van der Waals surface area contributed by atoms with Crippen molar-refractivity contribution in [2.45, 2.75) is 31.5 Å². The Morgan fingerprint density at radius 3 is 2.58 bits per heavy atom. The van der Waals surface area contributed by atoms with Crippen molar-refractivity contribution in [1.29, 1.82) is 0 Å².